The van der Waals surface area contributed by atoms with Crippen LogP contribution in [0.3, 0.4) is 0 Å². The molecule has 54 heavy (non-hydrogen) atoms. The smallest absolute Gasteiger partial charge is 0.245 e. The third kappa shape index (κ3) is 12.0. The zero-order valence-electron chi connectivity index (χ0n) is 34.8. The monoisotopic (exact) mass is 761 g/mol. The summed E-state index contributed by atoms with van der Waals surface area (Å²) in [7, 11) is 9.58. The molecule has 0 spiro atoms. The summed E-state index contributed by atoms with van der Waals surface area (Å²) in [5.41, 5.74) is 0.441. The highest BCUT2D eigenvalue weighted by Crippen LogP contribution is 2.31. The zero-order chi connectivity index (χ0) is 40.9. The normalized spacial score (nSPS) is 19.7. The molecule has 1 saturated heterocycles. The van der Waals surface area contributed by atoms with Crippen molar-refractivity contribution in [3.63, 3.8) is 0 Å². The van der Waals surface area contributed by atoms with E-state index >= 15 is 0 Å². The molecule has 1 aliphatic heterocycles. The van der Waals surface area contributed by atoms with Gasteiger partial charge >= 0.3 is 0 Å². The van der Waals surface area contributed by atoms with E-state index in [9.17, 15) is 24.0 Å². The van der Waals surface area contributed by atoms with Gasteiger partial charge in [-0.05, 0) is 55.5 Å². The van der Waals surface area contributed by atoms with Crippen LogP contribution in [0.5, 0.6) is 5.75 Å². The van der Waals surface area contributed by atoms with Gasteiger partial charge in [-0.2, -0.15) is 0 Å². The van der Waals surface area contributed by atoms with E-state index in [1.54, 1.807) is 69.3 Å². The Morgan fingerprint density at radius 2 is 1.50 bits per heavy atom. The van der Waals surface area contributed by atoms with E-state index in [0.717, 1.165) is 0 Å². The van der Waals surface area contributed by atoms with Gasteiger partial charge in [0, 0.05) is 40.5 Å². The molecule has 0 radical (unpaired) electrons. The van der Waals surface area contributed by atoms with Crippen molar-refractivity contribution in [3.8, 4) is 5.75 Å². The number of carbonyl (C=O) groups is 5. The molecule has 2 unspecified atom stereocenters. The molecular weight excluding hydrogens is 694 g/mol. The second kappa shape index (κ2) is 22.1. The average molecular weight is 762 g/mol. The topological polar surface area (TPSA) is 165 Å². The van der Waals surface area contributed by atoms with Gasteiger partial charge in [0.15, 0.2) is 5.78 Å². The number of ether oxygens (including phenoxy) is 4. The van der Waals surface area contributed by atoms with E-state index in [2.05, 4.69) is 16.0 Å². The number of Topliss-reactive ketones (excluding diaryl/α,β-unsaturated/α-hetero) is 1. The highest BCUT2D eigenvalue weighted by molar-refractivity contribution is 5.99. The Balaban J connectivity index is 2.29. The maximum absolute atomic E-state index is 14.3. The third-order valence-corrected chi connectivity index (χ3v) is 10.9. The number of methoxy groups -OCH3 is 4. The highest BCUT2D eigenvalue weighted by Gasteiger charge is 2.45. The second-order valence-corrected chi connectivity index (χ2v) is 15.1. The summed E-state index contributed by atoms with van der Waals surface area (Å²) in [5.74, 6) is -1.72. The van der Waals surface area contributed by atoms with Crippen LogP contribution in [0, 0.1) is 23.7 Å². The van der Waals surface area contributed by atoms with Crippen molar-refractivity contribution in [1.82, 2.24) is 25.8 Å². The van der Waals surface area contributed by atoms with Crippen molar-refractivity contribution in [2.75, 3.05) is 55.6 Å². The lowest BCUT2D eigenvalue weighted by atomic mass is 9.89. The molecule has 1 aromatic rings. The minimum atomic E-state index is -0.788. The quantitative estimate of drug-likeness (QED) is 0.150. The number of hydrogen-bond acceptors (Lipinski definition) is 10. The first-order valence-electron chi connectivity index (χ1n) is 19.1. The minimum Gasteiger partial charge on any atom is -0.497 e. The standard InChI is InChI=1S/C40H67N5O9/c1-14-25(6)36(44(9)40(50)35(24(4)5)43-39(49)34(41-8)23(2)3)32(53-12)20-33(47)45-22-29(52-11)19-30(45)37(54-13)26(7)38(48)42-21-31(46)27-15-17-28(51-10)18-16-27/h15-18,23-26,29-30,32,34-37,41H,14,19-22H2,1-13H3,(H,42,48)(H,43,49)/t25?,26-,29-,30-,32-,34+,35?,36+,37-/m1/s1. The molecule has 0 aromatic heterocycles. The molecule has 1 aromatic carbocycles. The van der Waals surface area contributed by atoms with Crippen LogP contribution < -0.4 is 20.7 Å². The first-order chi connectivity index (χ1) is 25.5. The molecule has 0 bridgehead atoms. The van der Waals surface area contributed by atoms with Crippen LogP contribution in [0.25, 0.3) is 0 Å². The SMILES string of the molecule is CCC(C)[C@@H]([C@@H](CC(=O)N1C[C@H](OC)C[C@@H]1[C@H](OC)[C@@H](C)C(=O)NCC(=O)c1ccc(OC)cc1)OC)N(C)C(=O)C(NC(=O)[C@@H](NC)C(C)C)C(C)C. The second-order valence-electron chi connectivity index (χ2n) is 15.1. The Morgan fingerprint density at radius 1 is 0.889 bits per heavy atom. The van der Waals surface area contributed by atoms with Gasteiger partial charge in [0.2, 0.25) is 23.6 Å². The molecule has 9 atom stereocenters. The van der Waals surface area contributed by atoms with Gasteiger partial charge in [-0.1, -0.05) is 54.9 Å². The first-order valence-corrected chi connectivity index (χ1v) is 19.1. The van der Waals surface area contributed by atoms with E-state index in [0.29, 0.717) is 24.2 Å². The number of nitrogens with zero attached hydrogens (tertiary/aromatic N) is 2. The number of ketones is 1. The number of benzene rings is 1. The molecule has 306 valence electrons. The van der Waals surface area contributed by atoms with Crippen LogP contribution in [-0.2, 0) is 33.4 Å². The Kier molecular flexibility index (Phi) is 19.0. The Morgan fingerprint density at radius 3 is 1.98 bits per heavy atom. The first kappa shape index (κ1) is 46.6. The van der Waals surface area contributed by atoms with Crippen molar-refractivity contribution in [2.45, 2.75) is 110 Å². The molecule has 0 saturated carbocycles. The summed E-state index contributed by atoms with van der Waals surface area (Å²) in [6, 6.07) is 4.39. The fraction of sp³-hybridized carbons (Fsp3) is 0.725. The molecule has 14 nitrogen and oxygen atoms in total. The largest absolute Gasteiger partial charge is 0.497 e. The van der Waals surface area contributed by atoms with Crippen LogP contribution in [0.2, 0.25) is 0 Å². The molecule has 1 heterocycles. The van der Waals surface area contributed by atoms with E-state index in [4.69, 9.17) is 18.9 Å². The predicted molar refractivity (Wildman–Crippen MR) is 207 cm³/mol. The van der Waals surface area contributed by atoms with Gasteiger partial charge in [-0.3, -0.25) is 24.0 Å². The number of nitrogens with one attached hydrogen (secondary N) is 3. The molecule has 4 amide bonds. The summed E-state index contributed by atoms with van der Waals surface area (Å²) in [6.45, 7) is 13.5. The number of likely N-dealkylation sites (N-methyl/N-ethyl adjacent to an activating group) is 2. The van der Waals surface area contributed by atoms with Crippen molar-refractivity contribution >= 4 is 29.4 Å². The fourth-order valence-corrected chi connectivity index (χ4v) is 7.41. The predicted octanol–water partition coefficient (Wildman–Crippen LogP) is 2.92. The minimum absolute atomic E-state index is 0.0175. The Bertz CT molecular complexity index is 1370. The molecule has 1 fully saturated rings. The van der Waals surface area contributed by atoms with Gasteiger partial charge in [0.1, 0.15) is 11.8 Å². The van der Waals surface area contributed by atoms with Crippen LogP contribution >= 0.6 is 0 Å². The molecule has 3 N–H and O–H groups in total. The zero-order valence-corrected chi connectivity index (χ0v) is 34.8. The molecule has 1 aliphatic rings. The molecule has 14 heteroatoms. The summed E-state index contributed by atoms with van der Waals surface area (Å²) >= 11 is 0. The maximum atomic E-state index is 14.3. The third-order valence-electron chi connectivity index (χ3n) is 10.9. The maximum Gasteiger partial charge on any atom is 0.245 e. The van der Waals surface area contributed by atoms with Crippen molar-refractivity contribution in [3.05, 3.63) is 29.8 Å². The summed E-state index contributed by atoms with van der Waals surface area (Å²) in [5, 5.41) is 8.75. The van der Waals surface area contributed by atoms with Gasteiger partial charge in [0.05, 0.1) is 62.4 Å². The molecular formula is C40H67N5O9. The lowest BCUT2D eigenvalue weighted by Gasteiger charge is -2.41. The van der Waals surface area contributed by atoms with E-state index in [-0.39, 0.29) is 72.8 Å². The Labute approximate surface area is 322 Å². The fourth-order valence-electron chi connectivity index (χ4n) is 7.41. The van der Waals surface area contributed by atoms with Crippen LogP contribution in [0.15, 0.2) is 24.3 Å². The van der Waals surface area contributed by atoms with E-state index < -0.39 is 42.3 Å². The van der Waals surface area contributed by atoms with Crippen molar-refractivity contribution in [2.24, 2.45) is 23.7 Å². The van der Waals surface area contributed by atoms with Gasteiger partial charge in [0.25, 0.3) is 0 Å². The van der Waals surface area contributed by atoms with Crippen LogP contribution in [0.1, 0.15) is 78.1 Å². The summed E-state index contributed by atoms with van der Waals surface area (Å²) in [6.07, 6.45) is -0.573. The number of hydrogen-bond donors (Lipinski definition) is 3. The number of amides is 4. The summed E-state index contributed by atoms with van der Waals surface area (Å²) in [4.78, 5) is 71.2. The summed E-state index contributed by atoms with van der Waals surface area (Å²) < 4.78 is 22.8. The molecule has 2 rings (SSSR count). The van der Waals surface area contributed by atoms with Gasteiger partial charge in [-0.25, -0.2) is 0 Å². The number of likely N-dealkylation sites (tertiary alicyclic amines) is 1. The highest BCUT2D eigenvalue weighted by atomic mass is 16.5. The Hall–Kier alpha value is -3.59. The van der Waals surface area contributed by atoms with Crippen molar-refractivity contribution in [1.29, 1.82) is 0 Å². The van der Waals surface area contributed by atoms with E-state index in [1.165, 1.54) is 14.2 Å². The number of rotatable bonds is 22. The lowest BCUT2D eigenvalue weighted by Crippen LogP contribution is -2.59. The molecule has 0 aliphatic carbocycles. The van der Waals surface area contributed by atoms with Crippen LogP contribution in [-0.4, -0.2) is 137 Å². The lowest BCUT2D eigenvalue weighted by molar-refractivity contribution is -0.147. The number of carbonyl (C=O) groups excluding carboxylic acids is 5. The average Bonchev–Trinajstić information content (AvgIpc) is 3.59. The van der Waals surface area contributed by atoms with Crippen LogP contribution in [0.4, 0.5) is 0 Å². The van der Waals surface area contributed by atoms with Gasteiger partial charge < -0.3 is 44.7 Å². The van der Waals surface area contributed by atoms with Gasteiger partial charge in [-0.15, -0.1) is 0 Å². The van der Waals surface area contributed by atoms with E-state index in [1.807, 2.05) is 41.5 Å². The van der Waals surface area contributed by atoms with Crippen molar-refractivity contribution < 1.29 is 42.9 Å².